The van der Waals surface area contributed by atoms with E-state index in [9.17, 15) is 8.42 Å². The average Bonchev–Trinajstić information content (AvgIpc) is 2.27. The first-order valence-corrected chi connectivity index (χ1v) is 7.99. The molecule has 102 valence electrons. The van der Waals surface area contributed by atoms with Crippen molar-refractivity contribution in [2.75, 3.05) is 46.0 Å². The van der Waals surface area contributed by atoms with Crippen molar-refractivity contribution < 1.29 is 8.42 Å². The second-order valence-corrected chi connectivity index (χ2v) is 6.82. The van der Waals surface area contributed by atoms with Crippen LogP contribution >= 0.6 is 0 Å². The summed E-state index contributed by atoms with van der Waals surface area (Å²) in [5.74, 6) is 0.684. The van der Waals surface area contributed by atoms with Gasteiger partial charge in [-0.3, -0.25) is 0 Å². The molecule has 1 rings (SSSR count). The predicted octanol–water partition coefficient (Wildman–Crippen LogP) is -0.143. The zero-order valence-corrected chi connectivity index (χ0v) is 11.7. The summed E-state index contributed by atoms with van der Waals surface area (Å²) in [5, 5.41) is 2.95. The zero-order chi connectivity index (χ0) is 12.7. The molecule has 1 aliphatic heterocycles. The van der Waals surface area contributed by atoms with Crippen molar-refractivity contribution in [3.8, 4) is 0 Å². The molecule has 1 saturated heterocycles. The van der Waals surface area contributed by atoms with Gasteiger partial charge in [0, 0.05) is 13.1 Å². The fourth-order valence-corrected chi connectivity index (χ4v) is 3.35. The lowest BCUT2D eigenvalue weighted by atomic mass is 9.99. The number of sulfonamides is 1. The smallest absolute Gasteiger partial charge is 0.211 e. The molecule has 0 saturated carbocycles. The number of rotatable bonds is 7. The van der Waals surface area contributed by atoms with Crippen molar-refractivity contribution in [1.82, 2.24) is 14.9 Å². The molecular formula is C11H25N3O2S. The molecule has 0 aliphatic carbocycles. The minimum absolute atomic E-state index is 0.219. The van der Waals surface area contributed by atoms with Crippen LogP contribution in [0.4, 0.5) is 0 Å². The molecule has 17 heavy (non-hydrogen) atoms. The number of hydrogen-bond donors (Lipinski definition) is 2. The lowest BCUT2D eigenvalue weighted by molar-refractivity contribution is 0.211. The Hall–Kier alpha value is -0.170. The summed E-state index contributed by atoms with van der Waals surface area (Å²) in [7, 11) is 0.843. The normalized spacial score (nSPS) is 22.8. The summed E-state index contributed by atoms with van der Waals surface area (Å²) in [5.41, 5.74) is 0. The fourth-order valence-electron chi connectivity index (χ4n) is 2.20. The van der Waals surface area contributed by atoms with Crippen LogP contribution in [-0.4, -0.2) is 59.3 Å². The van der Waals surface area contributed by atoms with Crippen molar-refractivity contribution >= 4 is 10.0 Å². The Balaban J connectivity index is 2.23. The molecule has 1 aliphatic rings. The van der Waals surface area contributed by atoms with Crippen LogP contribution in [0.25, 0.3) is 0 Å². The first-order chi connectivity index (χ1) is 8.03. The van der Waals surface area contributed by atoms with E-state index in [0.29, 0.717) is 18.9 Å². The highest BCUT2D eigenvalue weighted by Crippen LogP contribution is 2.14. The topological polar surface area (TPSA) is 61.4 Å². The molecule has 5 nitrogen and oxygen atoms in total. The standard InChI is InChI=1S/C11H25N3O2S/c1-12-6-4-8-17(15,16)13-9-11-5-3-7-14(2)10-11/h11-13H,3-10H2,1-2H3. The highest BCUT2D eigenvalue weighted by Gasteiger charge is 2.19. The summed E-state index contributed by atoms with van der Waals surface area (Å²) in [6.07, 6.45) is 2.96. The molecule has 2 N–H and O–H groups in total. The zero-order valence-electron chi connectivity index (χ0n) is 10.9. The van der Waals surface area contributed by atoms with E-state index in [1.165, 1.54) is 6.42 Å². The SMILES string of the molecule is CNCCCS(=O)(=O)NCC1CCCN(C)C1. The molecule has 1 unspecified atom stereocenters. The van der Waals surface area contributed by atoms with Crippen LogP contribution in [-0.2, 0) is 10.0 Å². The van der Waals surface area contributed by atoms with Gasteiger partial charge in [-0.25, -0.2) is 13.1 Å². The second kappa shape index (κ2) is 7.31. The first kappa shape index (κ1) is 14.9. The van der Waals surface area contributed by atoms with Gasteiger partial charge in [-0.05, 0) is 52.4 Å². The summed E-state index contributed by atoms with van der Waals surface area (Å²) in [6, 6.07) is 0. The van der Waals surface area contributed by atoms with E-state index in [-0.39, 0.29) is 5.75 Å². The van der Waals surface area contributed by atoms with Crippen molar-refractivity contribution in [2.24, 2.45) is 5.92 Å². The Kier molecular flexibility index (Phi) is 6.40. The maximum Gasteiger partial charge on any atom is 0.211 e. The number of nitrogens with one attached hydrogen (secondary N) is 2. The average molecular weight is 263 g/mol. The van der Waals surface area contributed by atoms with Gasteiger partial charge in [0.2, 0.25) is 10.0 Å². The van der Waals surface area contributed by atoms with E-state index in [0.717, 1.165) is 26.1 Å². The largest absolute Gasteiger partial charge is 0.320 e. The molecule has 0 bridgehead atoms. The van der Waals surface area contributed by atoms with Crippen LogP contribution < -0.4 is 10.0 Å². The molecule has 0 aromatic heterocycles. The summed E-state index contributed by atoms with van der Waals surface area (Å²) in [6.45, 7) is 3.46. The van der Waals surface area contributed by atoms with Gasteiger partial charge in [-0.1, -0.05) is 0 Å². The van der Waals surface area contributed by atoms with Crippen LogP contribution in [0.5, 0.6) is 0 Å². The van der Waals surface area contributed by atoms with E-state index in [1.54, 1.807) is 0 Å². The van der Waals surface area contributed by atoms with Gasteiger partial charge < -0.3 is 10.2 Å². The predicted molar refractivity (Wildman–Crippen MR) is 70.6 cm³/mol. The number of piperidine rings is 1. The van der Waals surface area contributed by atoms with Crippen LogP contribution in [0.1, 0.15) is 19.3 Å². The third kappa shape index (κ3) is 6.35. The molecule has 0 aromatic rings. The third-order valence-corrected chi connectivity index (χ3v) is 4.59. The van der Waals surface area contributed by atoms with Crippen LogP contribution in [0.3, 0.4) is 0 Å². The van der Waals surface area contributed by atoms with Gasteiger partial charge in [-0.15, -0.1) is 0 Å². The summed E-state index contributed by atoms with van der Waals surface area (Å²) >= 11 is 0. The number of likely N-dealkylation sites (tertiary alicyclic amines) is 1. The molecule has 0 aromatic carbocycles. The fraction of sp³-hybridized carbons (Fsp3) is 1.00. The molecule has 1 fully saturated rings. The lowest BCUT2D eigenvalue weighted by Crippen LogP contribution is -2.39. The van der Waals surface area contributed by atoms with E-state index >= 15 is 0 Å². The molecule has 0 radical (unpaired) electrons. The summed E-state index contributed by atoms with van der Waals surface area (Å²) in [4.78, 5) is 2.27. The van der Waals surface area contributed by atoms with Crippen molar-refractivity contribution in [2.45, 2.75) is 19.3 Å². The Bertz CT molecular complexity index is 306. The minimum Gasteiger partial charge on any atom is -0.320 e. The second-order valence-electron chi connectivity index (χ2n) is 4.89. The Morgan fingerprint density at radius 2 is 2.18 bits per heavy atom. The molecule has 0 spiro atoms. The van der Waals surface area contributed by atoms with E-state index in [4.69, 9.17) is 0 Å². The summed E-state index contributed by atoms with van der Waals surface area (Å²) < 4.78 is 26.1. The van der Waals surface area contributed by atoms with Gasteiger partial charge in [0.05, 0.1) is 5.75 Å². The van der Waals surface area contributed by atoms with Gasteiger partial charge in [-0.2, -0.15) is 0 Å². The highest BCUT2D eigenvalue weighted by atomic mass is 32.2. The first-order valence-electron chi connectivity index (χ1n) is 6.34. The Morgan fingerprint density at radius 1 is 1.41 bits per heavy atom. The highest BCUT2D eigenvalue weighted by molar-refractivity contribution is 7.89. The van der Waals surface area contributed by atoms with Crippen LogP contribution in [0.15, 0.2) is 0 Å². The van der Waals surface area contributed by atoms with Gasteiger partial charge in [0.15, 0.2) is 0 Å². The maximum absolute atomic E-state index is 11.7. The van der Waals surface area contributed by atoms with Gasteiger partial charge in [0.1, 0.15) is 0 Å². The third-order valence-electron chi connectivity index (χ3n) is 3.15. The van der Waals surface area contributed by atoms with Crippen LogP contribution in [0, 0.1) is 5.92 Å². The van der Waals surface area contributed by atoms with Crippen molar-refractivity contribution in [1.29, 1.82) is 0 Å². The molecular weight excluding hydrogens is 238 g/mol. The molecule has 1 atom stereocenters. The minimum atomic E-state index is -3.08. The Labute approximate surface area is 105 Å². The van der Waals surface area contributed by atoms with Gasteiger partial charge >= 0.3 is 0 Å². The molecule has 0 amide bonds. The molecule has 1 heterocycles. The quantitative estimate of drug-likeness (QED) is 0.628. The van der Waals surface area contributed by atoms with Crippen molar-refractivity contribution in [3.63, 3.8) is 0 Å². The number of nitrogens with zero attached hydrogens (tertiary/aromatic N) is 1. The van der Waals surface area contributed by atoms with Crippen LogP contribution in [0.2, 0.25) is 0 Å². The Morgan fingerprint density at radius 3 is 2.82 bits per heavy atom. The maximum atomic E-state index is 11.7. The monoisotopic (exact) mass is 263 g/mol. The van der Waals surface area contributed by atoms with E-state index in [1.807, 2.05) is 7.05 Å². The lowest BCUT2D eigenvalue weighted by Gasteiger charge is -2.29. The van der Waals surface area contributed by atoms with E-state index < -0.39 is 10.0 Å². The van der Waals surface area contributed by atoms with E-state index in [2.05, 4.69) is 22.0 Å². The number of hydrogen-bond acceptors (Lipinski definition) is 4. The van der Waals surface area contributed by atoms with Crippen molar-refractivity contribution in [3.05, 3.63) is 0 Å². The molecule has 6 heteroatoms. The van der Waals surface area contributed by atoms with Gasteiger partial charge in [0.25, 0.3) is 0 Å².